The average Bonchev–Trinajstić information content (AvgIpc) is 2.15. The molecule has 0 fully saturated rings. The van der Waals surface area contributed by atoms with Gasteiger partial charge in [-0.15, -0.1) is 0 Å². The van der Waals surface area contributed by atoms with Crippen LogP contribution in [0.1, 0.15) is 0 Å². The molecule has 1 N–H and O–H groups in total. The lowest BCUT2D eigenvalue weighted by atomic mass is 10.6. The van der Waals surface area contributed by atoms with Crippen molar-refractivity contribution in [3.8, 4) is 5.75 Å². The third-order valence-corrected chi connectivity index (χ3v) is 0.998. The first kappa shape index (κ1) is 6.31. The molecule has 9 heavy (non-hydrogen) atoms. The predicted molar refractivity (Wildman–Crippen MR) is 30.1 cm³/mol. The zero-order valence-electron chi connectivity index (χ0n) is 4.31. The zero-order valence-corrected chi connectivity index (χ0v) is 5.13. The maximum atomic E-state index is 9.91. The Labute approximate surface area is 53.9 Å². The monoisotopic (exact) mass is 148 g/mol. The van der Waals surface area contributed by atoms with Crippen molar-refractivity contribution in [3.63, 3.8) is 0 Å². The van der Waals surface area contributed by atoms with E-state index in [9.17, 15) is 4.21 Å². The van der Waals surface area contributed by atoms with Crippen LogP contribution in [-0.2, 0) is 11.4 Å². The smallest absolute Gasteiger partial charge is 0.357 e. The van der Waals surface area contributed by atoms with Crippen molar-refractivity contribution in [1.82, 2.24) is 0 Å². The summed E-state index contributed by atoms with van der Waals surface area (Å²) in [5, 5.41) is 0. The molecule has 0 aliphatic rings. The van der Waals surface area contributed by atoms with E-state index in [4.69, 9.17) is 4.55 Å². The first-order valence-corrected chi connectivity index (χ1v) is 3.13. The first-order valence-electron chi connectivity index (χ1n) is 2.10. The van der Waals surface area contributed by atoms with Crippen LogP contribution in [0.2, 0.25) is 0 Å². The third kappa shape index (κ3) is 1.87. The van der Waals surface area contributed by atoms with E-state index in [1.54, 1.807) is 0 Å². The summed E-state index contributed by atoms with van der Waals surface area (Å²) in [6, 6.07) is 1.44. The van der Waals surface area contributed by atoms with E-state index in [0.29, 0.717) is 0 Å². The zero-order chi connectivity index (χ0) is 6.69. The van der Waals surface area contributed by atoms with Gasteiger partial charge in [-0.25, -0.2) is 0 Å². The highest BCUT2D eigenvalue weighted by molar-refractivity contribution is 7.74. The van der Waals surface area contributed by atoms with E-state index in [1.165, 1.54) is 18.6 Å². The van der Waals surface area contributed by atoms with Gasteiger partial charge in [0, 0.05) is 6.07 Å². The van der Waals surface area contributed by atoms with Gasteiger partial charge in [0.25, 0.3) is 0 Å². The Morgan fingerprint density at radius 3 is 3.00 bits per heavy atom. The highest BCUT2D eigenvalue weighted by Gasteiger charge is 1.96. The van der Waals surface area contributed by atoms with Gasteiger partial charge in [-0.3, -0.25) is 4.55 Å². The average molecular weight is 148 g/mol. The summed E-state index contributed by atoms with van der Waals surface area (Å²) < 4.78 is 26.9. The quantitative estimate of drug-likeness (QED) is 0.630. The van der Waals surface area contributed by atoms with E-state index in [1.807, 2.05) is 0 Å². The minimum atomic E-state index is -2.25. The lowest BCUT2D eigenvalue weighted by Crippen LogP contribution is -1.95. The second-order valence-corrected chi connectivity index (χ2v) is 1.86. The Balaban J connectivity index is 2.58. The summed E-state index contributed by atoms with van der Waals surface area (Å²) >= 11 is -2.25. The number of rotatable bonds is 2. The third-order valence-electron chi connectivity index (χ3n) is 0.663. The summed E-state index contributed by atoms with van der Waals surface area (Å²) in [4.78, 5) is 0. The summed E-state index contributed by atoms with van der Waals surface area (Å²) in [7, 11) is 0. The van der Waals surface area contributed by atoms with E-state index < -0.39 is 11.4 Å². The molecule has 1 aromatic rings. The molecule has 0 spiro atoms. The Morgan fingerprint density at radius 1 is 1.78 bits per heavy atom. The molecule has 50 valence electrons. The molecule has 0 amide bonds. The summed E-state index contributed by atoms with van der Waals surface area (Å²) in [6.45, 7) is 0. The second-order valence-electron chi connectivity index (χ2n) is 1.26. The Kier molecular flexibility index (Phi) is 1.86. The molecule has 0 radical (unpaired) electrons. The van der Waals surface area contributed by atoms with Gasteiger partial charge in [-0.1, -0.05) is 0 Å². The van der Waals surface area contributed by atoms with Gasteiger partial charge in [-0.05, 0) is 0 Å². The van der Waals surface area contributed by atoms with Gasteiger partial charge in [-0.2, -0.15) is 4.21 Å². The topological polar surface area (TPSA) is 59.7 Å². The van der Waals surface area contributed by atoms with Gasteiger partial charge >= 0.3 is 11.4 Å². The van der Waals surface area contributed by atoms with E-state index in [0.717, 1.165) is 0 Å². The molecule has 1 heterocycles. The van der Waals surface area contributed by atoms with E-state index in [-0.39, 0.29) is 5.75 Å². The van der Waals surface area contributed by atoms with E-state index in [2.05, 4.69) is 8.60 Å². The van der Waals surface area contributed by atoms with Crippen LogP contribution in [0.15, 0.2) is 23.0 Å². The van der Waals surface area contributed by atoms with Crippen molar-refractivity contribution < 1.29 is 17.4 Å². The van der Waals surface area contributed by atoms with Crippen LogP contribution in [-0.4, -0.2) is 8.76 Å². The lowest BCUT2D eigenvalue weighted by molar-refractivity contribution is 0.451. The fourth-order valence-corrected chi connectivity index (χ4v) is 0.641. The van der Waals surface area contributed by atoms with Gasteiger partial charge in [0.15, 0.2) is 5.75 Å². The molecule has 0 saturated heterocycles. The van der Waals surface area contributed by atoms with Crippen molar-refractivity contribution in [2.45, 2.75) is 0 Å². The molecule has 1 unspecified atom stereocenters. The van der Waals surface area contributed by atoms with Gasteiger partial charge in [0.2, 0.25) is 0 Å². The molecule has 0 bridgehead atoms. The maximum Gasteiger partial charge on any atom is 0.357 e. The molecular formula is C4H4O4S. The fourth-order valence-electron chi connectivity index (χ4n) is 0.382. The van der Waals surface area contributed by atoms with Gasteiger partial charge < -0.3 is 8.60 Å². The molecule has 1 rings (SSSR count). The van der Waals surface area contributed by atoms with Crippen LogP contribution >= 0.6 is 0 Å². The minimum absolute atomic E-state index is 0.246. The minimum Gasteiger partial charge on any atom is -0.469 e. The Bertz CT molecular complexity index is 192. The molecular weight excluding hydrogens is 144 g/mol. The van der Waals surface area contributed by atoms with Crippen LogP contribution in [0.5, 0.6) is 5.75 Å². The van der Waals surface area contributed by atoms with Crippen molar-refractivity contribution in [2.75, 3.05) is 0 Å². The van der Waals surface area contributed by atoms with Crippen LogP contribution in [0.4, 0.5) is 0 Å². The summed E-state index contributed by atoms with van der Waals surface area (Å²) in [5.41, 5.74) is 0. The number of hydrogen-bond acceptors (Lipinski definition) is 3. The molecule has 0 aromatic carbocycles. The molecule has 0 saturated carbocycles. The summed E-state index contributed by atoms with van der Waals surface area (Å²) in [5.74, 6) is 0.246. The van der Waals surface area contributed by atoms with Crippen molar-refractivity contribution in [1.29, 1.82) is 0 Å². The standard InChI is InChI=1S/C4H4O4S/c5-9(6)8-4-1-2-7-3-4/h1-3H,(H,5,6). The Morgan fingerprint density at radius 2 is 2.56 bits per heavy atom. The first-order chi connectivity index (χ1) is 4.29. The lowest BCUT2D eigenvalue weighted by Gasteiger charge is -1.89. The maximum absolute atomic E-state index is 9.91. The fraction of sp³-hybridized carbons (Fsp3) is 0. The van der Waals surface area contributed by atoms with Gasteiger partial charge in [0.05, 0.1) is 6.26 Å². The molecule has 5 heteroatoms. The van der Waals surface area contributed by atoms with Crippen LogP contribution in [0.25, 0.3) is 0 Å². The largest absolute Gasteiger partial charge is 0.469 e. The number of furan rings is 1. The van der Waals surface area contributed by atoms with Crippen LogP contribution in [0.3, 0.4) is 0 Å². The predicted octanol–water partition coefficient (Wildman–Crippen LogP) is 0.795. The Hall–Kier alpha value is -0.810. The molecule has 1 aromatic heterocycles. The van der Waals surface area contributed by atoms with Crippen molar-refractivity contribution in [2.24, 2.45) is 0 Å². The summed E-state index contributed by atoms with van der Waals surface area (Å²) in [6.07, 6.45) is 2.58. The van der Waals surface area contributed by atoms with Gasteiger partial charge in [0.1, 0.15) is 6.26 Å². The number of hydrogen-bond donors (Lipinski definition) is 1. The second kappa shape index (κ2) is 2.65. The normalized spacial score (nSPS) is 13.0. The van der Waals surface area contributed by atoms with E-state index >= 15 is 0 Å². The van der Waals surface area contributed by atoms with Crippen molar-refractivity contribution in [3.05, 3.63) is 18.6 Å². The van der Waals surface area contributed by atoms with Crippen LogP contribution in [0, 0.1) is 0 Å². The SMILES string of the molecule is O=S(O)Oc1ccoc1. The molecule has 0 aliphatic heterocycles. The highest BCUT2D eigenvalue weighted by Crippen LogP contribution is 2.09. The van der Waals surface area contributed by atoms with Crippen LogP contribution < -0.4 is 4.18 Å². The molecule has 4 nitrogen and oxygen atoms in total. The highest BCUT2D eigenvalue weighted by atomic mass is 32.2. The molecule has 0 aliphatic carbocycles. The molecule has 1 atom stereocenters. The van der Waals surface area contributed by atoms with Crippen molar-refractivity contribution >= 4 is 11.4 Å².